The molecule has 0 aromatic carbocycles. The molecule has 19 heavy (non-hydrogen) atoms. The van der Waals surface area contributed by atoms with Crippen molar-refractivity contribution in [1.82, 2.24) is 0 Å². The fourth-order valence-corrected chi connectivity index (χ4v) is 2.96. The van der Waals surface area contributed by atoms with E-state index in [2.05, 4.69) is 19.9 Å². The summed E-state index contributed by atoms with van der Waals surface area (Å²) >= 11 is 0. The molecule has 0 aromatic heterocycles. The van der Waals surface area contributed by atoms with Gasteiger partial charge in [0.05, 0.1) is 12.4 Å². The highest BCUT2D eigenvalue weighted by molar-refractivity contribution is 4.75. The largest absolute Gasteiger partial charge is 0.499 e. The summed E-state index contributed by atoms with van der Waals surface area (Å²) in [5.41, 5.74) is 0. The molecule has 1 atom stereocenters. The molecule has 0 radical (unpaired) electrons. The number of unbranched alkanes of at least 4 members (excludes halogenated alkanes) is 4. The van der Waals surface area contributed by atoms with Crippen LogP contribution in [0.4, 0.5) is 0 Å². The van der Waals surface area contributed by atoms with Gasteiger partial charge in [-0.15, -0.1) is 0 Å². The summed E-state index contributed by atoms with van der Waals surface area (Å²) in [5, 5.41) is 0. The van der Waals surface area contributed by atoms with Gasteiger partial charge in [-0.05, 0) is 44.6 Å². The fourth-order valence-electron chi connectivity index (χ4n) is 2.96. The molecule has 0 heterocycles. The lowest BCUT2D eigenvalue weighted by molar-refractivity contribution is 0.139. The van der Waals surface area contributed by atoms with Crippen molar-refractivity contribution in [3.63, 3.8) is 0 Å². The van der Waals surface area contributed by atoms with Gasteiger partial charge in [0, 0.05) is 0 Å². The second-order valence-electron chi connectivity index (χ2n) is 6.25. The normalized spacial score (nSPS) is 18.8. The van der Waals surface area contributed by atoms with Gasteiger partial charge in [0.25, 0.3) is 0 Å². The van der Waals surface area contributed by atoms with E-state index in [9.17, 15) is 0 Å². The van der Waals surface area contributed by atoms with E-state index in [1.807, 2.05) is 6.26 Å². The highest BCUT2D eigenvalue weighted by Gasteiger charge is 2.14. The molecule has 0 amide bonds. The van der Waals surface area contributed by atoms with Crippen molar-refractivity contribution in [3.05, 3.63) is 12.3 Å². The minimum atomic E-state index is 0.397. The summed E-state index contributed by atoms with van der Waals surface area (Å²) in [6, 6.07) is 0. The van der Waals surface area contributed by atoms with Gasteiger partial charge in [-0.3, -0.25) is 0 Å². The van der Waals surface area contributed by atoms with E-state index in [1.165, 1.54) is 77.0 Å². The van der Waals surface area contributed by atoms with Crippen molar-refractivity contribution < 1.29 is 4.74 Å². The SMILES string of the molecule is CCCCCCC=COC(C)CCC1CCCCC1. The first kappa shape index (κ1) is 16.6. The molecular weight excluding hydrogens is 232 g/mol. The first-order chi connectivity index (χ1) is 9.33. The summed E-state index contributed by atoms with van der Waals surface area (Å²) in [6.45, 7) is 4.47. The zero-order valence-electron chi connectivity index (χ0n) is 13.2. The van der Waals surface area contributed by atoms with E-state index in [-0.39, 0.29) is 0 Å². The maximum atomic E-state index is 5.76. The van der Waals surface area contributed by atoms with Crippen molar-refractivity contribution in [1.29, 1.82) is 0 Å². The second-order valence-corrected chi connectivity index (χ2v) is 6.25. The Hall–Kier alpha value is -0.460. The lowest BCUT2D eigenvalue weighted by atomic mass is 9.85. The quantitative estimate of drug-likeness (QED) is 0.336. The maximum absolute atomic E-state index is 5.76. The van der Waals surface area contributed by atoms with Crippen LogP contribution in [0, 0.1) is 5.92 Å². The monoisotopic (exact) mass is 266 g/mol. The van der Waals surface area contributed by atoms with Crippen LogP contribution in [-0.2, 0) is 4.74 Å². The molecule has 0 aromatic rings. The predicted octanol–water partition coefficient (Wildman–Crippen LogP) is 6.24. The molecule has 1 heteroatoms. The minimum Gasteiger partial charge on any atom is -0.499 e. The Bertz CT molecular complexity index is 216. The lowest BCUT2D eigenvalue weighted by Gasteiger charge is -2.22. The topological polar surface area (TPSA) is 9.23 Å². The fraction of sp³-hybridized carbons (Fsp3) is 0.889. The summed E-state index contributed by atoms with van der Waals surface area (Å²) in [7, 11) is 0. The first-order valence-corrected chi connectivity index (χ1v) is 8.63. The maximum Gasteiger partial charge on any atom is 0.0950 e. The van der Waals surface area contributed by atoms with E-state index in [0.29, 0.717) is 6.10 Å². The lowest BCUT2D eigenvalue weighted by Crippen LogP contribution is -2.11. The Morgan fingerprint density at radius 1 is 1.11 bits per heavy atom. The minimum absolute atomic E-state index is 0.397. The molecule has 0 saturated heterocycles. The van der Waals surface area contributed by atoms with Crippen LogP contribution in [0.15, 0.2) is 12.3 Å². The van der Waals surface area contributed by atoms with Gasteiger partial charge in [0.2, 0.25) is 0 Å². The van der Waals surface area contributed by atoms with Crippen LogP contribution in [-0.4, -0.2) is 6.10 Å². The van der Waals surface area contributed by atoms with E-state index in [4.69, 9.17) is 4.74 Å². The van der Waals surface area contributed by atoms with Gasteiger partial charge in [0.1, 0.15) is 0 Å². The van der Waals surface area contributed by atoms with Crippen molar-refractivity contribution in [2.75, 3.05) is 0 Å². The number of hydrogen-bond donors (Lipinski definition) is 0. The van der Waals surface area contributed by atoms with E-state index >= 15 is 0 Å². The zero-order chi connectivity index (χ0) is 13.8. The molecular formula is C18H34O. The highest BCUT2D eigenvalue weighted by Crippen LogP contribution is 2.28. The van der Waals surface area contributed by atoms with Crippen LogP contribution in [0.3, 0.4) is 0 Å². The van der Waals surface area contributed by atoms with E-state index in [0.717, 1.165) is 5.92 Å². The van der Waals surface area contributed by atoms with Gasteiger partial charge in [0.15, 0.2) is 0 Å². The molecule has 1 fully saturated rings. The Kier molecular flexibility index (Phi) is 9.93. The summed E-state index contributed by atoms with van der Waals surface area (Å²) in [4.78, 5) is 0. The standard InChI is InChI=1S/C18H34O/c1-3-4-5-6-7-11-16-19-17(2)14-15-18-12-9-8-10-13-18/h11,16-18H,3-10,12-15H2,1-2H3. The number of rotatable bonds is 10. The van der Waals surface area contributed by atoms with Crippen molar-refractivity contribution in [2.45, 2.75) is 97.0 Å². The average molecular weight is 266 g/mol. The van der Waals surface area contributed by atoms with Crippen molar-refractivity contribution in [2.24, 2.45) is 5.92 Å². The van der Waals surface area contributed by atoms with Gasteiger partial charge >= 0.3 is 0 Å². The third-order valence-corrected chi connectivity index (χ3v) is 4.34. The smallest absolute Gasteiger partial charge is 0.0950 e. The van der Waals surface area contributed by atoms with Crippen molar-refractivity contribution in [3.8, 4) is 0 Å². The molecule has 0 spiro atoms. The highest BCUT2D eigenvalue weighted by atomic mass is 16.5. The molecule has 1 rings (SSSR count). The van der Waals surface area contributed by atoms with E-state index < -0.39 is 0 Å². The first-order valence-electron chi connectivity index (χ1n) is 8.63. The number of ether oxygens (including phenoxy) is 1. The van der Waals surface area contributed by atoms with Gasteiger partial charge in [-0.2, -0.15) is 0 Å². The van der Waals surface area contributed by atoms with Crippen LogP contribution in [0.25, 0.3) is 0 Å². The Morgan fingerprint density at radius 3 is 2.63 bits per heavy atom. The summed E-state index contributed by atoms with van der Waals surface area (Å²) < 4.78 is 5.76. The third kappa shape index (κ3) is 9.13. The van der Waals surface area contributed by atoms with Crippen LogP contribution in [0.1, 0.15) is 90.9 Å². The van der Waals surface area contributed by atoms with Crippen molar-refractivity contribution >= 4 is 0 Å². The molecule has 0 bridgehead atoms. The van der Waals surface area contributed by atoms with Crippen LogP contribution in [0.5, 0.6) is 0 Å². The average Bonchev–Trinajstić information content (AvgIpc) is 2.45. The Labute approximate surface area is 120 Å². The molecule has 112 valence electrons. The molecule has 0 N–H and O–H groups in total. The van der Waals surface area contributed by atoms with Crippen LogP contribution < -0.4 is 0 Å². The van der Waals surface area contributed by atoms with Gasteiger partial charge in [-0.1, -0.05) is 58.3 Å². The van der Waals surface area contributed by atoms with E-state index in [1.54, 1.807) is 0 Å². The van der Waals surface area contributed by atoms with Gasteiger partial charge < -0.3 is 4.74 Å². The molecule has 1 saturated carbocycles. The van der Waals surface area contributed by atoms with Crippen LogP contribution in [0.2, 0.25) is 0 Å². The molecule has 0 aliphatic heterocycles. The molecule has 1 aliphatic carbocycles. The second kappa shape index (κ2) is 11.4. The molecule has 1 unspecified atom stereocenters. The van der Waals surface area contributed by atoms with Crippen LogP contribution >= 0.6 is 0 Å². The third-order valence-electron chi connectivity index (χ3n) is 4.34. The Balaban J connectivity index is 1.94. The summed E-state index contributed by atoms with van der Waals surface area (Å²) in [6.07, 6.45) is 21.0. The zero-order valence-corrected chi connectivity index (χ0v) is 13.2. The Morgan fingerprint density at radius 2 is 1.89 bits per heavy atom. The molecule has 1 aliphatic rings. The van der Waals surface area contributed by atoms with Gasteiger partial charge in [-0.25, -0.2) is 0 Å². The predicted molar refractivity (Wildman–Crippen MR) is 84.3 cm³/mol. The number of hydrogen-bond acceptors (Lipinski definition) is 1. The number of allylic oxidation sites excluding steroid dienone is 1. The molecule has 1 nitrogen and oxygen atoms in total. The summed E-state index contributed by atoms with van der Waals surface area (Å²) in [5.74, 6) is 0.984.